The smallest absolute Gasteiger partial charge is 0.119 e. The number of nitrogens with one attached hydrogen (secondary N) is 1. The summed E-state index contributed by atoms with van der Waals surface area (Å²) in [5.74, 6) is 6.57. The zero-order chi connectivity index (χ0) is 13.7. The zero-order valence-corrected chi connectivity index (χ0v) is 12.0. The SMILES string of the molecule is CCCOc1ccc(C(NN)c2scnc2C)cc1. The van der Waals surface area contributed by atoms with Crippen LogP contribution in [0.15, 0.2) is 29.8 Å². The Morgan fingerprint density at radius 3 is 2.63 bits per heavy atom. The lowest BCUT2D eigenvalue weighted by Crippen LogP contribution is -2.28. The van der Waals surface area contributed by atoms with Gasteiger partial charge in [0.15, 0.2) is 0 Å². The Morgan fingerprint density at radius 2 is 2.11 bits per heavy atom. The first-order valence-corrected chi connectivity index (χ1v) is 7.23. The minimum Gasteiger partial charge on any atom is -0.494 e. The number of aryl methyl sites for hydroxylation is 1. The second-order valence-electron chi connectivity index (χ2n) is 4.32. The van der Waals surface area contributed by atoms with E-state index in [-0.39, 0.29) is 6.04 Å². The lowest BCUT2D eigenvalue weighted by atomic mass is 10.0. The van der Waals surface area contributed by atoms with E-state index in [0.29, 0.717) is 0 Å². The molecule has 0 aliphatic rings. The highest BCUT2D eigenvalue weighted by atomic mass is 32.1. The van der Waals surface area contributed by atoms with Gasteiger partial charge in [0.25, 0.3) is 0 Å². The van der Waals surface area contributed by atoms with E-state index in [1.54, 1.807) is 11.3 Å². The van der Waals surface area contributed by atoms with Crippen molar-refractivity contribution in [2.45, 2.75) is 26.3 Å². The molecule has 1 unspecified atom stereocenters. The number of aromatic nitrogens is 1. The monoisotopic (exact) mass is 277 g/mol. The van der Waals surface area contributed by atoms with Crippen molar-refractivity contribution in [2.75, 3.05) is 6.61 Å². The van der Waals surface area contributed by atoms with Crippen molar-refractivity contribution in [1.82, 2.24) is 10.4 Å². The summed E-state index contributed by atoms with van der Waals surface area (Å²) >= 11 is 1.61. The summed E-state index contributed by atoms with van der Waals surface area (Å²) in [5.41, 5.74) is 6.82. The minimum atomic E-state index is -0.0206. The maximum atomic E-state index is 5.68. The molecular formula is C14H19N3OS. The molecule has 0 bridgehead atoms. The van der Waals surface area contributed by atoms with Gasteiger partial charge in [-0.3, -0.25) is 5.84 Å². The number of benzene rings is 1. The van der Waals surface area contributed by atoms with E-state index in [2.05, 4.69) is 17.3 Å². The summed E-state index contributed by atoms with van der Waals surface area (Å²) in [6, 6.07) is 8.01. The maximum Gasteiger partial charge on any atom is 0.119 e. The molecule has 2 rings (SSSR count). The van der Waals surface area contributed by atoms with E-state index in [0.717, 1.165) is 34.9 Å². The van der Waals surface area contributed by atoms with Crippen molar-refractivity contribution in [3.63, 3.8) is 0 Å². The molecule has 5 heteroatoms. The van der Waals surface area contributed by atoms with Gasteiger partial charge < -0.3 is 4.74 Å². The third-order valence-electron chi connectivity index (χ3n) is 2.90. The first-order chi connectivity index (χ1) is 9.26. The van der Waals surface area contributed by atoms with Crippen LogP contribution in [0.25, 0.3) is 0 Å². The molecule has 102 valence electrons. The second kappa shape index (κ2) is 6.65. The van der Waals surface area contributed by atoms with E-state index < -0.39 is 0 Å². The highest BCUT2D eigenvalue weighted by molar-refractivity contribution is 7.09. The number of hydrogen-bond donors (Lipinski definition) is 2. The van der Waals surface area contributed by atoms with Crippen LogP contribution in [-0.4, -0.2) is 11.6 Å². The molecule has 0 aliphatic carbocycles. The average Bonchev–Trinajstić information content (AvgIpc) is 2.85. The van der Waals surface area contributed by atoms with E-state index in [4.69, 9.17) is 10.6 Å². The highest BCUT2D eigenvalue weighted by Crippen LogP contribution is 2.28. The molecule has 19 heavy (non-hydrogen) atoms. The Hall–Kier alpha value is -1.43. The molecule has 1 heterocycles. The Morgan fingerprint density at radius 1 is 1.37 bits per heavy atom. The van der Waals surface area contributed by atoms with E-state index in [1.165, 1.54) is 0 Å². The van der Waals surface area contributed by atoms with Crippen LogP contribution in [0.3, 0.4) is 0 Å². The Kier molecular flexibility index (Phi) is 4.90. The van der Waals surface area contributed by atoms with Gasteiger partial charge in [0, 0.05) is 0 Å². The van der Waals surface area contributed by atoms with Crippen LogP contribution in [-0.2, 0) is 0 Å². The number of hydrogen-bond acceptors (Lipinski definition) is 5. The molecule has 0 spiro atoms. The van der Waals surface area contributed by atoms with Gasteiger partial charge in [-0.1, -0.05) is 19.1 Å². The second-order valence-corrected chi connectivity index (χ2v) is 5.21. The molecule has 2 aromatic rings. The molecule has 1 atom stereocenters. The highest BCUT2D eigenvalue weighted by Gasteiger charge is 2.16. The summed E-state index contributed by atoms with van der Waals surface area (Å²) in [7, 11) is 0. The first kappa shape index (κ1) is 14.0. The molecule has 0 radical (unpaired) electrons. The zero-order valence-electron chi connectivity index (χ0n) is 11.2. The van der Waals surface area contributed by atoms with Gasteiger partial charge in [-0.05, 0) is 31.0 Å². The van der Waals surface area contributed by atoms with Gasteiger partial charge >= 0.3 is 0 Å². The van der Waals surface area contributed by atoms with Crippen molar-refractivity contribution in [3.8, 4) is 5.75 Å². The molecule has 0 aliphatic heterocycles. The molecule has 1 aromatic carbocycles. The summed E-state index contributed by atoms with van der Waals surface area (Å²) in [6.45, 7) is 4.83. The summed E-state index contributed by atoms with van der Waals surface area (Å²) in [6.07, 6.45) is 1.01. The van der Waals surface area contributed by atoms with Crippen molar-refractivity contribution in [3.05, 3.63) is 45.9 Å². The van der Waals surface area contributed by atoms with E-state index >= 15 is 0 Å². The Labute approximate surface area is 117 Å². The Bertz CT molecular complexity index is 510. The Balaban J connectivity index is 2.18. The number of rotatable bonds is 6. The summed E-state index contributed by atoms with van der Waals surface area (Å²) in [4.78, 5) is 5.41. The quantitative estimate of drug-likeness (QED) is 0.629. The van der Waals surface area contributed by atoms with Gasteiger partial charge in [0.2, 0.25) is 0 Å². The van der Waals surface area contributed by atoms with Crippen LogP contribution in [0.4, 0.5) is 0 Å². The van der Waals surface area contributed by atoms with Crippen LogP contribution < -0.4 is 16.0 Å². The number of ether oxygens (including phenoxy) is 1. The standard InChI is InChI=1S/C14H19N3OS/c1-3-8-18-12-6-4-11(5-7-12)13(17-15)14-10(2)16-9-19-14/h4-7,9,13,17H,3,8,15H2,1-2H3. The summed E-state index contributed by atoms with van der Waals surface area (Å²) in [5, 5.41) is 0. The van der Waals surface area contributed by atoms with E-state index in [9.17, 15) is 0 Å². The number of thiazole rings is 1. The number of nitrogens with zero attached hydrogens (tertiary/aromatic N) is 1. The normalized spacial score (nSPS) is 12.4. The molecule has 1 aromatic heterocycles. The van der Waals surface area contributed by atoms with E-state index in [1.807, 2.05) is 36.7 Å². The van der Waals surface area contributed by atoms with Crippen molar-refractivity contribution < 1.29 is 4.74 Å². The largest absolute Gasteiger partial charge is 0.494 e. The van der Waals surface area contributed by atoms with Gasteiger partial charge in [0.05, 0.1) is 28.7 Å². The predicted molar refractivity (Wildman–Crippen MR) is 78.2 cm³/mol. The predicted octanol–water partition coefficient (Wildman–Crippen LogP) is 2.79. The fraction of sp³-hybridized carbons (Fsp3) is 0.357. The van der Waals surface area contributed by atoms with Crippen molar-refractivity contribution in [1.29, 1.82) is 0 Å². The fourth-order valence-corrected chi connectivity index (χ4v) is 2.78. The maximum absolute atomic E-state index is 5.68. The molecule has 0 saturated heterocycles. The van der Waals surface area contributed by atoms with Crippen molar-refractivity contribution in [2.24, 2.45) is 5.84 Å². The average molecular weight is 277 g/mol. The molecule has 4 nitrogen and oxygen atoms in total. The van der Waals surface area contributed by atoms with Crippen LogP contribution in [0, 0.1) is 6.92 Å². The minimum absolute atomic E-state index is 0.0206. The molecular weight excluding hydrogens is 258 g/mol. The fourth-order valence-electron chi connectivity index (χ4n) is 1.89. The molecule has 0 saturated carbocycles. The third kappa shape index (κ3) is 3.32. The van der Waals surface area contributed by atoms with Gasteiger partial charge in [-0.15, -0.1) is 11.3 Å². The van der Waals surface area contributed by atoms with Crippen molar-refractivity contribution >= 4 is 11.3 Å². The molecule has 0 amide bonds. The first-order valence-electron chi connectivity index (χ1n) is 6.35. The van der Waals surface area contributed by atoms with Crippen LogP contribution >= 0.6 is 11.3 Å². The molecule has 3 N–H and O–H groups in total. The topological polar surface area (TPSA) is 60.2 Å². The lowest BCUT2D eigenvalue weighted by Gasteiger charge is -2.16. The van der Waals surface area contributed by atoms with Crippen LogP contribution in [0.2, 0.25) is 0 Å². The lowest BCUT2D eigenvalue weighted by molar-refractivity contribution is 0.317. The van der Waals surface area contributed by atoms with Gasteiger partial charge in [-0.2, -0.15) is 0 Å². The summed E-state index contributed by atoms with van der Waals surface area (Å²) < 4.78 is 5.58. The molecule has 0 fully saturated rings. The van der Waals surface area contributed by atoms with Gasteiger partial charge in [-0.25, -0.2) is 10.4 Å². The van der Waals surface area contributed by atoms with Crippen LogP contribution in [0.5, 0.6) is 5.75 Å². The number of hydrazine groups is 1. The van der Waals surface area contributed by atoms with Gasteiger partial charge in [0.1, 0.15) is 5.75 Å². The number of nitrogens with two attached hydrogens (primary N) is 1. The third-order valence-corrected chi connectivity index (χ3v) is 3.89. The van der Waals surface area contributed by atoms with Crippen LogP contribution in [0.1, 0.15) is 35.5 Å².